The molecule has 0 spiro atoms. The van der Waals surface area contributed by atoms with Gasteiger partial charge in [0, 0.05) is 12.0 Å². The first-order valence-electron chi connectivity index (χ1n) is 5.92. The molecule has 2 aromatic rings. The molecule has 19 heavy (non-hydrogen) atoms. The largest absolute Gasteiger partial charge is 0.504 e. The Morgan fingerprint density at radius 3 is 2.84 bits per heavy atom. The van der Waals surface area contributed by atoms with Crippen molar-refractivity contribution in [3.8, 4) is 17.2 Å². The van der Waals surface area contributed by atoms with E-state index in [0.717, 1.165) is 5.56 Å². The van der Waals surface area contributed by atoms with Crippen molar-refractivity contribution < 1.29 is 20.1 Å². The highest BCUT2D eigenvalue weighted by atomic mass is 16.5. The fraction of sp³-hybridized carbons (Fsp3) is 0.200. The zero-order valence-electron chi connectivity index (χ0n) is 10.00. The van der Waals surface area contributed by atoms with E-state index in [4.69, 9.17) is 4.74 Å². The third kappa shape index (κ3) is 2.11. The first kappa shape index (κ1) is 11.9. The summed E-state index contributed by atoms with van der Waals surface area (Å²) in [6.45, 7) is 0. The minimum Gasteiger partial charge on any atom is -0.504 e. The minimum atomic E-state index is -0.727. The summed E-state index contributed by atoms with van der Waals surface area (Å²) in [5.41, 5.74) is 1.42. The van der Waals surface area contributed by atoms with Crippen molar-refractivity contribution >= 4 is 0 Å². The molecule has 4 heteroatoms. The second kappa shape index (κ2) is 4.48. The number of benzene rings is 2. The highest BCUT2D eigenvalue weighted by molar-refractivity contribution is 5.43. The van der Waals surface area contributed by atoms with Crippen molar-refractivity contribution in [3.63, 3.8) is 0 Å². The monoisotopic (exact) mass is 256 g/mol. The summed E-state index contributed by atoms with van der Waals surface area (Å²) in [6, 6.07) is 13.6. The van der Waals surface area contributed by atoms with E-state index in [0.29, 0.717) is 17.7 Å². The normalized spacial score (nSPS) is 21.5. The fourth-order valence-corrected chi connectivity index (χ4v) is 2.21. The average molecular weight is 256 g/mol. The molecule has 96 valence electrons. The van der Waals surface area contributed by atoms with Crippen LogP contribution in [-0.4, -0.2) is 21.4 Å². The molecule has 2 radical (unpaired) electrons. The Morgan fingerprint density at radius 2 is 2.05 bits per heavy atom. The molecule has 0 aliphatic carbocycles. The van der Waals surface area contributed by atoms with Crippen molar-refractivity contribution in [2.24, 2.45) is 0 Å². The first-order valence-corrected chi connectivity index (χ1v) is 5.92. The Balaban J connectivity index is 1.96. The molecule has 0 amide bonds. The van der Waals surface area contributed by atoms with Crippen LogP contribution in [0.3, 0.4) is 0 Å². The summed E-state index contributed by atoms with van der Waals surface area (Å²) < 4.78 is 5.72. The van der Waals surface area contributed by atoms with Gasteiger partial charge < -0.3 is 20.1 Å². The molecule has 3 rings (SSSR count). The average Bonchev–Trinajstić information content (AvgIpc) is 2.41. The topological polar surface area (TPSA) is 69.9 Å². The van der Waals surface area contributed by atoms with Gasteiger partial charge in [-0.15, -0.1) is 0 Å². The lowest BCUT2D eigenvalue weighted by Gasteiger charge is -2.30. The van der Waals surface area contributed by atoms with Gasteiger partial charge in [0.15, 0.2) is 11.5 Å². The molecule has 0 saturated heterocycles. The van der Waals surface area contributed by atoms with E-state index in [1.807, 2.05) is 0 Å². The Morgan fingerprint density at radius 1 is 1.21 bits per heavy atom. The number of ether oxygens (including phenoxy) is 1. The molecule has 0 unspecified atom stereocenters. The number of phenols is 2. The van der Waals surface area contributed by atoms with Gasteiger partial charge in [-0.1, -0.05) is 6.07 Å². The maximum atomic E-state index is 10.1. The summed E-state index contributed by atoms with van der Waals surface area (Å²) in [5, 5.41) is 28.9. The van der Waals surface area contributed by atoms with E-state index in [1.165, 1.54) is 12.1 Å². The standard InChI is InChI=1S/C15H12O4/c16-11-6-5-10(8-12(11)17)15-13(18)7-9-3-1-2-4-14(9)19-15/h1,4-6,8,13,15-18H,7H2/t13-,15-/m0/s1. The Kier molecular flexibility index (Phi) is 2.80. The first-order chi connectivity index (χ1) is 9.15. The zero-order valence-corrected chi connectivity index (χ0v) is 10.00. The highest BCUT2D eigenvalue weighted by Gasteiger charge is 2.30. The zero-order chi connectivity index (χ0) is 13.4. The van der Waals surface area contributed by atoms with Crippen molar-refractivity contribution in [1.82, 2.24) is 0 Å². The van der Waals surface area contributed by atoms with Crippen LogP contribution in [0.4, 0.5) is 0 Å². The van der Waals surface area contributed by atoms with Crippen LogP contribution in [-0.2, 0) is 6.42 Å². The van der Waals surface area contributed by atoms with E-state index in [9.17, 15) is 15.3 Å². The SMILES string of the molecule is Oc1ccc([C@@H]2Oc3c[c]c[c]c3C[C@@H]2O)cc1O. The molecule has 1 aliphatic heterocycles. The molecule has 2 atom stereocenters. The molecule has 0 bridgehead atoms. The van der Waals surface area contributed by atoms with E-state index >= 15 is 0 Å². The van der Waals surface area contributed by atoms with Gasteiger partial charge in [-0.3, -0.25) is 0 Å². The number of aromatic hydroxyl groups is 2. The number of hydrogen-bond donors (Lipinski definition) is 3. The molecule has 2 aromatic carbocycles. The number of phenolic OH excluding ortho intramolecular Hbond substituents is 2. The van der Waals surface area contributed by atoms with E-state index in [-0.39, 0.29) is 11.5 Å². The number of aliphatic hydroxyl groups excluding tert-OH is 1. The maximum absolute atomic E-state index is 10.1. The fourth-order valence-electron chi connectivity index (χ4n) is 2.21. The lowest BCUT2D eigenvalue weighted by Crippen LogP contribution is -2.30. The second-order valence-corrected chi connectivity index (χ2v) is 4.50. The van der Waals surface area contributed by atoms with Crippen LogP contribution in [0, 0.1) is 12.1 Å². The molecule has 1 aliphatic rings. The molecule has 0 saturated carbocycles. The van der Waals surface area contributed by atoms with Crippen LogP contribution in [0.2, 0.25) is 0 Å². The van der Waals surface area contributed by atoms with E-state index in [1.54, 1.807) is 18.2 Å². The minimum absolute atomic E-state index is 0.198. The molecular formula is C15H12O4. The Bertz CT molecular complexity index is 609. The van der Waals surface area contributed by atoms with Gasteiger partial charge in [0.05, 0.1) is 6.10 Å². The number of fused-ring (bicyclic) bond motifs is 1. The van der Waals surface area contributed by atoms with Crippen molar-refractivity contribution in [2.75, 3.05) is 0 Å². The maximum Gasteiger partial charge on any atom is 0.157 e. The van der Waals surface area contributed by atoms with E-state index in [2.05, 4.69) is 12.1 Å². The van der Waals surface area contributed by atoms with Crippen LogP contribution in [0.25, 0.3) is 0 Å². The van der Waals surface area contributed by atoms with E-state index < -0.39 is 12.2 Å². The number of rotatable bonds is 1. The van der Waals surface area contributed by atoms with Crippen LogP contribution >= 0.6 is 0 Å². The summed E-state index contributed by atoms with van der Waals surface area (Å²) in [4.78, 5) is 0. The van der Waals surface area contributed by atoms with Gasteiger partial charge in [-0.05, 0) is 42.0 Å². The smallest absolute Gasteiger partial charge is 0.157 e. The van der Waals surface area contributed by atoms with Crippen LogP contribution in [0.1, 0.15) is 17.2 Å². The molecule has 1 heterocycles. The van der Waals surface area contributed by atoms with Crippen LogP contribution < -0.4 is 4.74 Å². The van der Waals surface area contributed by atoms with Gasteiger partial charge in [-0.25, -0.2) is 0 Å². The van der Waals surface area contributed by atoms with Crippen molar-refractivity contribution in [2.45, 2.75) is 18.6 Å². The second-order valence-electron chi connectivity index (χ2n) is 4.50. The van der Waals surface area contributed by atoms with Gasteiger partial charge in [0.25, 0.3) is 0 Å². The number of hydrogen-bond acceptors (Lipinski definition) is 4. The summed E-state index contributed by atoms with van der Waals surface area (Å²) in [6.07, 6.45) is -0.880. The molecule has 4 nitrogen and oxygen atoms in total. The van der Waals surface area contributed by atoms with Gasteiger partial charge >= 0.3 is 0 Å². The highest BCUT2D eigenvalue weighted by Crippen LogP contribution is 2.37. The number of aliphatic hydroxyl groups is 1. The quantitative estimate of drug-likeness (QED) is 0.680. The van der Waals surface area contributed by atoms with Crippen LogP contribution in [0.5, 0.6) is 17.2 Å². The summed E-state index contributed by atoms with van der Waals surface area (Å²) in [7, 11) is 0. The third-order valence-electron chi connectivity index (χ3n) is 3.19. The van der Waals surface area contributed by atoms with Crippen molar-refractivity contribution in [3.05, 3.63) is 53.6 Å². The Hall–Kier alpha value is -2.20. The lowest BCUT2D eigenvalue weighted by atomic mass is 9.94. The molecular weight excluding hydrogens is 244 g/mol. The summed E-state index contributed by atoms with van der Waals surface area (Å²) in [5.74, 6) is 0.201. The summed E-state index contributed by atoms with van der Waals surface area (Å²) >= 11 is 0. The predicted molar refractivity (Wildman–Crippen MR) is 67.0 cm³/mol. The third-order valence-corrected chi connectivity index (χ3v) is 3.19. The van der Waals surface area contributed by atoms with Gasteiger partial charge in [0.1, 0.15) is 11.9 Å². The molecule has 0 aromatic heterocycles. The lowest BCUT2D eigenvalue weighted by molar-refractivity contribution is 0.0206. The van der Waals surface area contributed by atoms with Crippen molar-refractivity contribution in [1.29, 1.82) is 0 Å². The van der Waals surface area contributed by atoms with Gasteiger partial charge in [0.2, 0.25) is 0 Å². The molecule has 0 fully saturated rings. The van der Waals surface area contributed by atoms with Crippen LogP contribution in [0.15, 0.2) is 30.3 Å². The van der Waals surface area contributed by atoms with Gasteiger partial charge in [-0.2, -0.15) is 0 Å². The Labute approximate surface area is 110 Å². The molecule has 3 N–H and O–H groups in total. The predicted octanol–water partition coefficient (Wildman–Crippen LogP) is 1.74.